The highest BCUT2D eigenvalue weighted by Crippen LogP contribution is 2.47. The number of thiophene rings is 1. The second kappa shape index (κ2) is 6.46. The number of benzene rings is 4. The van der Waals surface area contributed by atoms with E-state index in [2.05, 4.69) is 46.9 Å². The lowest BCUT2D eigenvalue weighted by Crippen LogP contribution is -2.04. The summed E-state index contributed by atoms with van der Waals surface area (Å²) in [5.41, 5.74) is 1.18. The summed E-state index contributed by atoms with van der Waals surface area (Å²) in [6, 6.07) is 21.9. The largest absolute Gasteiger partial charge is 0.416 e. The predicted octanol–water partition coefficient (Wildman–Crippen LogP) is 8.50. The predicted molar refractivity (Wildman–Crippen MR) is 120 cm³/mol. The number of halogens is 4. The molecular formula is C23H12F3IS. The molecule has 5 aromatic rings. The van der Waals surface area contributed by atoms with E-state index in [0.29, 0.717) is 0 Å². The van der Waals surface area contributed by atoms with Crippen LogP contribution in [0.3, 0.4) is 0 Å². The maximum Gasteiger partial charge on any atom is 0.416 e. The summed E-state index contributed by atoms with van der Waals surface area (Å²) in [4.78, 5) is 0. The van der Waals surface area contributed by atoms with Gasteiger partial charge >= 0.3 is 6.18 Å². The van der Waals surface area contributed by atoms with Crippen LogP contribution in [0, 0.1) is 3.57 Å². The van der Waals surface area contributed by atoms with Crippen molar-refractivity contribution in [2.24, 2.45) is 0 Å². The molecule has 0 saturated carbocycles. The fourth-order valence-corrected chi connectivity index (χ4v) is 6.00. The Bertz CT molecular complexity index is 1350. The number of hydrogen-bond acceptors (Lipinski definition) is 1. The van der Waals surface area contributed by atoms with E-state index in [0.717, 1.165) is 30.9 Å². The minimum atomic E-state index is -4.33. The van der Waals surface area contributed by atoms with Gasteiger partial charge in [0.05, 0.1) is 5.56 Å². The molecule has 1 aromatic heterocycles. The molecule has 0 aliphatic heterocycles. The molecule has 0 N–H and O–H groups in total. The SMILES string of the molecule is FC(F)(F)c1ccc(-c2c(I)c3ccccc3c3sc4ccccc4c23)cc1. The van der Waals surface area contributed by atoms with Crippen molar-refractivity contribution in [3.05, 3.63) is 81.9 Å². The highest BCUT2D eigenvalue weighted by Gasteiger charge is 2.30. The highest BCUT2D eigenvalue weighted by atomic mass is 127. The number of fused-ring (bicyclic) bond motifs is 5. The third-order valence-electron chi connectivity index (χ3n) is 4.97. The van der Waals surface area contributed by atoms with Gasteiger partial charge in [-0.15, -0.1) is 11.3 Å². The molecule has 0 amide bonds. The first-order chi connectivity index (χ1) is 13.4. The molecule has 0 radical (unpaired) electrons. The average molecular weight is 504 g/mol. The van der Waals surface area contributed by atoms with E-state index in [1.807, 2.05) is 24.3 Å². The van der Waals surface area contributed by atoms with Gasteiger partial charge in [0.25, 0.3) is 0 Å². The van der Waals surface area contributed by atoms with Crippen LogP contribution in [0.2, 0.25) is 0 Å². The summed E-state index contributed by atoms with van der Waals surface area (Å²) < 4.78 is 42.5. The van der Waals surface area contributed by atoms with Crippen LogP contribution in [0.15, 0.2) is 72.8 Å². The Balaban J connectivity index is 1.93. The first-order valence-corrected chi connectivity index (χ1v) is 10.5. The van der Waals surface area contributed by atoms with Crippen molar-refractivity contribution in [2.75, 3.05) is 0 Å². The van der Waals surface area contributed by atoms with Crippen LogP contribution in [-0.4, -0.2) is 0 Å². The summed E-state index contributed by atoms with van der Waals surface area (Å²) in [7, 11) is 0. The van der Waals surface area contributed by atoms with Crippen LogP contribution < -0.4 is 0 Å². The van der Waals surface area contributed by atoms with Gasteiger partial charge in [0.1, 0.15) is 0 Å². The normalized spacial score (nSPS) is 12.3. The van der Waals surface area contributed by atoms with Gasteiger partial charge in [-0.25, -0.2) is 0 Å². The van der Waals surface area contributed by atoms with Crippen molar-refractivity contribution in [3.8, 4) is 11.1 Å². The van der Waals surface area contributed by atoms with Gasteiger partial charge in [0.15, 0.2) is 0 Å². The summed E-state index contributed by atoms with van der Waals surface area (Å²) in [6.45, 7) is 0. The van der Waals surface area contributed by atoms with Crippen LogP contribution in [0.25, 0.3) is 42.1 Å². The van der Waals surface area contributed by atoms with Gasteiger partial charge < -0.3 is 0 Å². The van der Waals surface area contributed by atoms with Crippen LogP contribution in [0.5, 0.6) is 0 Å². The molecule has 0 unspecified atom stereocenters. The maximum atomic E-state index is 13.0. The maximum absolute atomic E-state index is 13.0. The Morgan fingerprint density at radius 3 is 2.00 bits per heavy atom. The smallest absolute Gasteiger partial charge is 0.166 e. The molecule has 5 rings (SSSR count). The average Bonchev–Trinajstić information content (AvgIpc) is 3.08. The second-order valence-electron chi connectivity index (χ2n) is 6.61. The topological polar surface area (TPSA) is 0 Å². The molecule has 0 nitrogen and oxygen atoms in total. The standard InChI is InChI=1S/C23H12F3IS/c24-23(25,26)14-11-9-13(10-12-14)19-20-17-7-3-4-8-18(17)28-22(20)16-6-2-1-5-15(16)21(19)27/h1-12H. The molecule has 0 atom stereocenters. The van der Waals surface area contributed by atoms with Crippen molar-refractivity contribution in [2.45, 2.75) is 6.18 Å². The summed E-state index contributed by atoms with van der Waals surface area (Å²) in [5.74, 6) is 0. The van der Waals surface area contributed by atoms with E-state index in [4.69, 9.17) is 0 Å². The Hall–Kier alpha value is -2.12. The fraction of sp³-hybridized carbons (Fsp3) is 0.0435. The third-order valence-corrected chi connectivity index (χ3v) is 7.30. The minimum absolute atomic E-state index is 0.626. The Labute approximate surface area is 176 Å². The van der Waals surface area contributed by atoms with Crippen molar-refractivity contribution >= 4 is 64.9 Å². The Morgan fingerprint density at radius 1 is 0.714 bits per heavy atom. The molecule has 138 valence electrons. The minimum Gasteiger partial charge on any atom is -0.166 e. The van der Waals surface area contributed by atoms with Crippen LogP contribution in [-0.2, 0) is 6.18 Å². The molecule has 0 aliphatic rings. The number of rotatable bonds is 1. The van der Waals surface area contributed by atoms with Crippen molar-refractivity contribution in [3.63, 3.8) is 0 Å². The van der Waals surface area contributed by atoms with E-state index in [-0.39, 0.29) is 0 Å². The molecule has 0 saturated heterocycles. The lowest BCUT2D eigenvalue weighted by Gasteiger charge is -2.13. The molecule has 5 heteroatoms. The van der Waals surface area contributed by atoms with E-state index in [1.54, 1.807) is 23.5 Å². The van der Waals surface area contributed by atoms with Gasteiger partial charge in [-0.1, -0.05) is 54.6 Å². The Kier molecular flexibility index (Phi) is 4.14. The second-order valence-corrected chi connectivity index (χ2v) is 8.74. The zero-order chi connectivity index (χ0) is 19.5. The van der Waals surface area contributed by atoms with Gasteiger partial charge in [0.2, 0.25) is 0 Å². The monoisotopic (exact) mass is 504 g/mol. The van der Waals surface area contributed by atoms with Crippen molar-refractivity contribution in [1.82, 2.24) is 0 Å². The zero-order valence-corrected chi connectivity index (χ0v) is 17.3. The molecule has 0 bridgehead atoms. The van der Waals surface area contributed by atoms with Crippen molar-refractivity contribution in [1.29, 1.82) is 0 Å². The lowest BCUT2D eigenvalue weighted by molar-refractivity contribution is -0.137. The first kappa shape index (κ1) is 17.9. The van der Waals surface area contributed by atoms with Gasteiger partial charge in [-0.2, -0.15) is 13.2 Å². The van der Waals surface area contributed by atoms with Crippen LogP contribution >= 0.6 is 33.9 Å². The zero-order valence-electron chi connectivity index (χ0n) is 14.3. The van der Waals surface area contributed by atoms with Crippen molar-refractivity contribution < 1.29 is 13.2 Å². The van der Waals surface area contributed by atoms with E-state index >= 15 is 0 Å². The lowest BCUT2D eigenvalue weighted by atomic mass is 9.95. The molecule has 4 aromatic carbocycles. The molecule has 1 heterocycles. The van der Waals surface area contributed by atoms with E-state index < -0.39 is 11.7 Å². The van der Waals surface area contributed by atoms with Gasteiger partial charge in [0, 0.05) is 34.7 Å². The molecule has 0 spiro atoms. The third kappa shape index (κ3) is 2.71. The first-order valence-electron chi connectivity index (χ1n) is 8.64. The van der Waals surface area contributed by atoms with E-state index in [1.165, 1.54) is 26.9 Å². The quantitative estimate of drug-likeness (QED) is 0.201. The fourth-order valence-electron chi connectivity index (χ4n) is 3.70. The number of hydrogen-bond donors (Lipinski definition) is 0. The molecular weight excluding hydrogens is 492 g/mol. The molecule has 28 heavy (non-hydrogen) atoms. The number of alkyl halides is 3. The van der Waals surface area contributed by atoms with Gasteiger partial charge in [-0.05, 0) is 51.7 Å². The summed E-state index contributed by atoms with van der Waals surface area (Å²) in [6.07, 6.45) is -4.33. The molecule has 0 aliphatic carbocycles. The summed E-state index contributed by atoms with van der Waals surface area (Å²) in [5, 5.41) is 4.56. The summed E-state index contributed by atoms with van der Waals surface area (Å²) >= 11 is 4.06. The van der Waals surface area contributed by atoms with E-state index in [9.17, 15) is 13.2 Å². The Morgan fingerprint density at radius 2 is 1.32 bits per heavy atom. The molecule has 0 fully saturated rings. The van der Waals surface area contributed by atoms with Crippen LogP contribution in [0.1, 0.15) is 5.56 Å². The van der Waals surface area contributed by atoms with Crippen LogP contribution in [0.4, 0.5) is 13.2 Å². The van der Waals surface area contributed by atoms with Gasteiger partial charge in [-0.3, -0.25) is 0 Å². The highest BCUT2D eigenvalue weighted by molar-refractivity contribution is 14.1.